The van der Waals surface area contributed by atoms with Gasteiger partial charge in [0, 0.05) is 18.7 Å². The number of nitrogens with zero attached hydrogens (tertiary/aromatic N) is 1. The van der Waals surface area contributed by atoms with E-state index in [-0.39, 0.29) is 18.2 Å². The molecular formula is C20H23ClFNO. The highest BCUT2D eigenvalue weighted by atomic mass is 35.5. The number of likely N-dealkylation sites (N-methyl/N-ethyl adjacent to an activating group) is 1. The zero-order valence-electron chi connectivity index (χ0n) is 13.9. The monoisotopic (exact) mass is 347 g/mol. The van der Waals surface area contributed by atoms with Crippen molar-refractivity contribution in [3.8, 4) is 5.75 Å². The quantitative estimate of drug-likeness (QED) is 0.776. The van der Waals surface area contributed by atoms with Crippen molar-refractivity contribution in [3.05, 3.63) is 71.0 Å². The summed E-state index contributed by atoms with van der Waals surface area (Å²) in [5.74, 6) is 0.849. The highest BCUT2D eigenvalue weighted by Crippen LogP contribution is 2.26. The van der Waals surface area contributed by atoms with Gasteiger partial charge in [-0.05, 0) is 43.1 Å². The molecule has 0 aliphatic carbocycles. The van der Waals surface area contributed by atoms with E-state index in [1.807, 2.05) is 18.2 Å². The summed E-state index contributed by atoms with van der Waals surface area (Å²) in [6, 6.07) is 13.3. The molecule has 0 spiro atoms. The molecule has 24 heavy (non-hydrogen) atoms. The van der Waals surface area contributed by atoms with Gasteiger partial charge in [0.05, 0.1) is 6.61 Å². The lowest BCUT2D eigenvalue weighted by Crippen LogP contribution is -2.18. The summed E-state index contributed by atoms with van der Waals surface area (Å²) in [4.78, 5) is 2.20. The topological polar surface area (TPSA) is 12.5 Å². The van der Waals surface area contributed by atoms with Crippen LogP contribution in [0.25, 0.3) is 6.08 Å². The maximum atomic E-state index is 13.5. The van der Waals surface area contributed by atoms with Gasteiger partial charge in [-0.1, -0.05) is 42.5 Å². The van der Waals surface area contributed by atoms with Gasteiger partial charge in [-0.15, -0.1) is 12.4 Å². The maximum Gasteiger partial charge on any atom is 0.130 e. The van der Waals surface area contributed by atoms with Crippen molar-refractivity contribution in [1.29, 1.82) is 0 Å². The van der Waals surface area contributed by atoms with Gasteiger partial charge < -0.3 is 4.74 Å². The number of rotatable bonds is 5. The average molecular weight is 348 g/mol. The van der Waals surface area contributed by atoms with E-state index in [0.29, 0.717) is 5.56 Å². The first-order chi connectivity index (χ1) is 11.2. The molecule has 0 fully saturated rings. The number of fused-ring (bicyclic) bond motifs is 1. The Labute approximate surface area is 149 Å². The van der Waals surface area contributed by atoms with Gasteiger partial charge in [0.1, 0.15) is 11.6 Å². The molecule has 1 aliphatic rings. The van der Waals surface area contributed by atoms with Crippen LogP contribution in [0.4, 0.5) is 4.39 Å². The summed E-state index contributed by atoms with van der Waals surface area (Å²) >= 11 is 0. The molecule has 3 rings (SSSR count). The van der Waals surface area contributed by atoms with Gasteiger partial charge in [0.25, 0.3) is 0 Å². The second-order valence-electron chi connectivity index (χ2n) is 6.01. The fraction of sp³-hybridized carbons (Fsp3) is 0.300. The maximum absolute atomic E-state index is 13.5. The van der Waals surface area contributed by atoms with Gasteiger partial charge in [0.15, 0.2) is 0 Å². The molecule has 2 aromatic carbocycles. The van der Waals surface area contributed by atoms with Crippen LogP contribution >= 0.6 is 12.4 Å². The Bertz CT molecular complexity index is 702. The van der Waals surface area contributed by atoms with Crippen LogP contribution in [0, 0.1) is 5.82 Å². The van der Waals surface area contributed by atoms with Crippen LogP contribution in [-0.4, -0.2) is 25.1 Å². The molecule has 4 heteroatoms. The molecule has 128 valence electrons. The molecule has 0 saturated heterocycles. The van der Waals surface area contributed by atoms with E-state index in [9.17, 15) is 4.39 Å². The van der Waals surface area contributed by atoms with Crippen LogP contribution in [-0.2, 0) is 13.0 Å². The first kappa shape index (κ1) is 18.5. The number of benzene rings is 2. The highest BCUT2D eigenvalue weighted by Gasteiger charge is 2.11. The fourth-order valence-corrected chi connectivity index (χ4v) is 2.83. The number of aryl methyl sites for hydroxylation is 1. The number of ether oxygens (including phenoxy) is 1. The molecule has 2 nitrogen and oxygen atoms in total. The van der Waals surface area contributed by atoms with Crippen LogP contribution in [0.15, 0.2) is 48.5 Å². The molecule has 0 atom stereocenters. The Morgan fingerprint density at radius 2 is 2.04 bits per heavy atom. The molecular weight excluding hydrogens is 325 g/mol. The Kier molecular flexibility index (Phi) is 6.83. The predicted octanol–water partition coefficient (Wildman–Crippen LogP) is 4.72. The minimum atomic E-state index is -0.182. The zero-order valence-corrected chi connectivity index (χ0v) is 14.7. The molecule has 0 N–H and O–H groups in total. The minimum Gasteiger partial charge on any atom is -0.493 e. The van der Waals surface area contributed by atoms with E-state index in [1.54, 1.807) is 12.1 Å². The molecule has 1 heterocycles. The van der Waals surface area contributed by atoms with Crippen LogP contribution in [0.3, 0.4) is 0 Å². The third-order valence-electron chi connectivity index (χ3n) is 4.05. The second kappa shape index (κ2) is 8.86. The Morgan fingerprint density at radius 1 is 1.21 bits per heavy atom. The highest BCUT2D eigenvalue weighted by molar-refractivity contribution is 5.85. The molecule has 0 aromatic heterocycles. The van der Waals surface area contributed by atoms with E-state index < -0.39 is 0 Å². The Hall–Kier alpha value is -1.84. The van der Waals surface area contributed by atoms with Crippen molar-refractivity contribution >= 4 is 18.5 Å². The summed E-state index contributed by atoms with van der Waals surface area (Å²) in [7, 11) is 2.06. The summed E-state index contributed by atoms with van der Waals surface area (Å²) in [5, 5.41) is 0. The molecule has 0 unspecified atom stereocenters. The summed E-state index contributed by atoms with van der Waals surface area (Å²) in [6.07, 6.45) is 6.04. The zero-order chi connectivity index (χ0) is 16.1. The molecule has 0 amide bonds. The van der Waals surface area contributed by atoms with Gasteiger partial charge >= 0.3 is 0 Å². The third kappa shape index (κ3) is 4.83. The average Bonchev–Trinajstić information content (AvgIpc) is 2.56. The van der Waals surface area contributed by atoms with Gasteiger partial charge in [0.2, 0.25) is 0 Å². The lowest BCUT2D eigenvalue weighted by molar-refractivity contribution is 0.287. The number of halogens is 2. The molecule has 0 radical (unpaired) electrons. The number of hydrogen-bond acceptors (Lipinski definition) is 2. The summed E-state index contributed by atoms with van der Waals surface area (Å²) in [6.45, 7) is 2.43. The SMILES string of the molecule is CN(C/C=C/c1ccccc1F)Cc1ccc2c(c1)OCCC2.Cl. The largest absolute Gasteiger partial charge is 0.493 e. The Balaban J connectivity index is 0.00000208. The van der Waals surface area contributed by atoms with Gasteiger partial charge in [-0.3, -0.25) is 4.90 Å². The van der Waals surface area contributed by atoms with E-state index in [0.717, 1.165) is 38.3 Å². The van der Waals surface area contributed by atoms with Crippen molar-refractivity contribution in [2.45, 2.75) is 19.4 Å². The molecule has 0 saturated carbocycles. The van der Waals surface area contributed by atoms with Gasteiger partial charge in [-0.25, -0.2) is 4.39 Å². The lowest BCUT2D eigenvalue weighted by atomic mass is 10.0. The Morgan fingerprint density at radius 3 is 2.88 bits per heavy atom. The van der Waals surface area contributed by atoms with E-state index in [4.69, 9.17) is 4.74 Å². The van der Waals surface area contributed by atoms with Crippen LogP contribution in [0.5, 0.6) is 5.75 Å². The van der Waals surface area contributed by atoms with Crippen molar-refractivity contribution in [3.63, 3.8) is 0 Å². The fourth-order valence-electron chi connectivity index (χ4n) is 2.83. The van der Waals surface area contributed by atoms with Crippen LogP contribution in [0.1, 0.15) is 23.1 Å². The number of hydrogen-bond donors (Lipinski definition) is 0. The van der Waals surface area contributed by atoms with E-state index >= 15 is 0 Å². The van der Waals surface area contributed by atoms with E-state index in [1.165, 1.54) is 17.2 Å². The minimum absolute atomic E-state index is 0. The molecule has 0 bridgehead atoms. The second-order valence-corrected chi connectivity index (χ2v) is 6.01. The third-order valence-corrected chi connectivity index (χ3v) is 4.05. The molecule has 2 aromatic rings. The van der Waals surface area contributed by atoms with Crippen LogP contribution in [0.2, 0.25) is 0 Å². The predicted molar refractivity (Wildman–Crippen MR) is 99.3 cm³/mol. The first-order valence-electron chi connectivity index (χ1n) is 8.06. The van der Waals surface area contributed by atoms with E-state index in [2.05, 4.69) is 30.1 Å². The van der Waals surface area contributed by atoms with Crippen molar-refractivity contribution in [2.24, 2.45) is 0 Å². The standard InChI is InChI=1S/C20H22FNO.ClH/c1-22(12-4-7-17-6-2-3-9-19(17)21)15-16-10-11-18-8-5-13-23-20(18)14-16;/h2-4,6-7,9-11,14H,5,8,12-13,15H2,1H3;1H/b7-4+;. The normalized spacial score (nSPS) is 13.5. The van der Waals surface area contributed by atoms with Crippen molar-refractivity contribution in [1.82, 2.24) is 4.90 Å². The summed E-state index contributed by atoms with van der Waals surface area (Å²) < 4.78 is 19.3. The smallest absolute Gasteiger partial charge is 0.130 e. The lowest BCUT2D eigenvalue weighted by Gasteiger charge is -2.20. The van der Waals surface area contributed by atoms with Crippen molar-refractivity contribution in [2.75, 3.05) is 20.2 Å². The van der Waals surface area contributed by atoms with Crippen molar-refractivity contribution < 1.29 is 9.13 Å². The first-order valence-corrected chi connectivity index (χ1v) is 8.06. The van der Waals surface area contributed by atoms with Gasteiger partial charge in [-0.2, -0.15) is 0 Å². The van der Waals surface area contributed by atoms with Crippen LogP contribution < -0.4 is 4.74 Å². The summed E-state index contributed by atoms with van der Waals surface area (Å²) in [5.41, 5.74) is 3.18. The molecule has 1 aliphatic heterocycles.